The fourth-order valence-electron chi connectivity index (χ4n) is 2.59. The van der Waals surface area contributed by atoms with Crippen molar-refractivity contribution in [1.82, 2.24) is 19.6 Å². The number of anilines is 1. The first-order chi connectivity index (χ1) is 12.6. The van der Waals surface area contributed by atoms with Gasteiger partial charge in [0.25, 0.3) is 0 Å². The first kappa shape index (κ1) is 17.3. The quantitative estimate of drug-likeness (QED) is 0.449. The van der Waals surface area contributed by atoms with Crippen LogP contribution in [-0.2, 0) is 6.54 Å². The summed E-state index contributed by atoms with van der Waals surface area (Å²) in [6, 6.07) is 11.2. The highest BCUT2D eigenvalue weighted by atomic mass is 79.9. The highest BCUT2D eigenvalue weighted by molar-refractivity contribution is 9.10. The van der Waals surface area contributed by atoms with Gasteiger partial charge >= 0.3 is 0 Å². The van der Waals surface area contributed by atoms with Gasteiger partial charge in [-0.05, 0) is 45.8 Å². The molecule has 5 nitrogen and oxygen atoms in total. The van der Waals surface area contributed by atoms with Gasteiger partial charge in [0.1, 0.15) is 5.82 Å². The van der Waals surface area contributed by atoms with E-state index in [2.05, 4.69) is 36.3 Å². The number of aromatic nitrogens is 4. The normalized spacial score (nSPS) is 11.0. The standard InChI is InChI=1S/C18H12BrCl2N5/c19-14-10-24-26-17(23-9-11-2-1-5-22-8-11)7-16(25-18(14)26)13-4-3-12(20)6-15(13)21/h1-8,10,23H,9H2. The van der Waals surface area contributed by atoms with Crippen molar-refractivity contribution in [2.24, 2.45) is 0 Å². The third-order valence-electron chi connectivity index (χ3n) is 3.83. The Hall–Kier alpha value is -2.15. The topological polar surface area (TPSA) is 55.1 Å². The van der Waals surface area contributed by atoms with E-state index >= 15 is 0 Å². The highest BCUT2D eigenvalue weighted by Crippen LogP contribution is 2.32. The van der Waals surface area contributed by atoms with Gasteiger partial charge in [-0.3, -0.25) is 4.98 Å². The first-order valence-electron chi connectivity index (χ1n) is 7.74. The number of rotatable bonds is 4. The van der Waals surface area contributed by atoms with E-state index in [1.807, 2.05) is 30.5 Å². The average molecular weight is 449 g/mol. The fourth-order valence-corrected chi connectivity index (χ4v) is 3.45. The Balaban J connectivity index is 1.78. The molecule has 1 aromatic carbocycles. The summed E-state index contributed by atoms with van der Waals surface area (Å²) in [5.74, 6) is 0.797. The molecule has 0 amide bonds. The summed E-state index contributed by atoms with van der Waals surface area (Å²) in [7, 11) is 0. The molecule has 0 aliphatic rings. The van der Waals surface area contributed by atoms with Crippen molar-refractivity contribution >= 4 is 50.6 Å². The van der Waals surface area contributed by atoms with Crippen molar-refractivity contribution in [3.05, 3.63) is 75.1 Å². The summed E-state index contributed by atoms with van der Waals surface area (Å²) in [5, 5.41) is 8.89. The summed E-state index contributed by atoms with van der Waals surface area (Å²) in [6.07, 6.45) is 5.28. The molecule has 8 heteroatoms. The lowest BCUT2D eigenvalue weighted by atomic mass is 10.1. The van der Waals surface area contributed by atoms with Crippen LogP contribution in [0.2, 0.25) is 10.0 Å². The molecular weight excluding hydrogens is 437 g/mol. The molecule has 1 N–H and O–H groups in total. The Kier molecular flexibility index (Phi) is 4.80. The minimum absolute atomic E-state index is 0.545. The van der Waals surface area contributed by atoms with Gasteiger partial charge in [0, 0.05) is 35.6 Å². The Labute approximate surface area is 168 Å². The van der Waals surface area contributed by atoms with Gasteiger partial charge in [0.05, 0.1) is 21.4 Å². The van der Waals surface area contributed by atoms with Gasteiger partial charge in [0.2, 0.25) is 0 Å². The summed E-state index contributed by atoms with van der Waals surface area (Å²) in [6.45, 7) is 0.609. The second-order valence-electron chi connectivity index (χ2n) is 5.59. The minimum Gasteiger partial charge on any atom is -0.366 e. The van der Waals surface area contributed by atoms with Crippen LogP contribution in [0.4, 0.5) is 5.82 Å². The van der Waals surface area contributed by atoms with Crippen LogP contribution in [0.1, 0.15) is 5.56 Å². The zero-order chi connectivity index (χ0) is 18.1. The van der Waals surface area contributed by atoms with Crippen LogP contribution in [0.5, 0.6) is 0 Å². The van der Waals surface area contributed by atoms with Gasteiger partial charge in [-0.15, -0.1) is 0 Å². The van der Waals surface area contributed by atoms with Gasteiger partial charge in [-0.1, -0.05) is 29.3 Å². The van der Waals surface area contributed by atoms with E-state index in [4.69, 9.17) is 23.2 Å². The summed E-state index contributed by atoms with van der Waals surface area (Å²) < 4.78 is 2.54. The van der Waals surface area contributed by atoms with E-state index in [1.165, 1.54) is 0 Å². The number of nitrogens with zero attached hydrogens (tertiary/aromatic N) is 4. The molecule has 0 saturated carbocycles. The Morgan fingerprint density at radius 1 is 1.12 bits per heavy atom. The molecule has 26 heavy (non-hydrogen) atoms. The largest absolute Gasteiger partial charge is 0.366 e. The van der Waals surface area contributed by atoms with Gasteiger partial charge < -0.3 is 5.32 Å². The summed E-state index contributed by atoms with van der Waals surface area (Å²) in [4.78, 5) is 8.82. The van der Waals surface area contributed by atoms with Crippen LogP contribution in [0, 0.1) is 0 Å². The fraction of sp³-hybridized carbons (Fsp3) is 0.0556. The molecule has 0 bridgehead atoms. The second-order valence-corrected chi connectivity index (χ2v) is 7.29. The van der Waals surface area contributed by atoms with E-state index in [0.29, 0.717) is 22.2 Å². The lowest BCUT2D eigenvalue weighted by Crippen LogP contribution is -2.07. The van der Waals surface area contributed by atoms with E-state index in [9.17, 15) is 0 Å². The van der Waals surface area contributed by atoms with E-state index < -0.39 is 0 Å². The smallest absolute Gasteiger partial charge is 0.172 e. The number of nitrogens with one attached hydrogen (secondary N) is 1. The molecule has 0 radical (unpaired) electrons. The molecule has 3 aromatic heterocycles. The Morgan fingerprint density at radius 2 is 2.00 bits per heavy atom. The average Bonchev–Trinajstić information content (AvgIpc) is 3.02. The van der Waals surface area contributed by atoms with E-state index in [0.717, 1.165) is 27.1 Å². The zero-order valence-corrected chi connectivity index (χ0v) is 16.4. The highest BCUT2D eigenvalue weighted by Gasteiger charge is 2.13. The maximum atomic E-state index is 6.37. The molecule has 4 rings (SSSR count). The lowest BCUT2D eigenvalue weighted by Gasteiger charge is -2.12. The maximum Gasteiger partial charge on any atom is 0.172 e. The molecular formula is C18H12BrCl2N5. The SMILES string of the molecule is Clc1ccc(-c2cc(NCc3cccnc3)n3ncc(Br)c3n2)c(Cl)c1. The third-order valence-corrected chi connectivity index (χ3v) is 4.94. The molecule has 0 aliphatic carbocycles. The van der Waals surface area contributed by atoms with Crippen LogP contribution >= 0.6 is 39.1 Å². The van der Waals surface area contributed by atoms with Crippen molar-refractivity contribution in [3.63, 3.8) is 0 Å². The van der Waals surface area contributed by atoms with E-state index in [1.54, 1.807) is 29.0 Å². The molecule has 0 spiro atoms. The van der Waals surface area contributed by atoms with Crippen molar-refractivity contribution in [2.45, 2.75) is 6.54 Å². The van der Waals surface area contributed by atoms with Crippen molar-refractivity contribution in [2.75, 3.05) is 5.32 Å². The molecule has 0 unspecified atom stereocenters. The first-order valence-corrected chi connectivity index (χ1v) is 9.29. The number of pyridine rings is 1. The molecule has 3 heterocycles. The zero-order valence-electron chi connectivity index (χ0n) is 13.3. The van der Waals surface area contributed by atoms with Crippen LogP contribution in [0.15, 0.2) is 59.5 Å². The molecule has 4 aromatic rings. The number of hydrogen-bond acceptors (Lipinski definition) is 4. The molecule has 130 valence electrons. The van der Waals surface area contributed by atoms with Crippen molar-refractivity contribution in [1.29, 1.82) is 0 Å². The monoisotopic (exact) mass is 447 g/mol. The van der Waals surface area contributed by atoms with Crippen LogP contribution in [0.3, 0.4) is 0 Å². The Bertz CT molecular complexity index is 1080. The van der Waals surface area contributed by atoms with Crippen molar-refractivity contribution < 1.29 is 0 Å². The Morgan fingerprint density at radius 3 is 2.77 bits per heavy atom. The van der Waals surface area contributed by atoms with Gasteiger partial charge in [-0.25, -0.2) is 4.98 Å². The molecule has 0 aliphatic heterocycles. The molecule has 0 atom stereocenters. The van der Waals surface area contributed by atoms with E-state index in [-0.39, 0.29) is 0 Å². The lowest BCUT2D eigenvalue weighted by molar-refractivity contribution is 0.925. The predicted molar refractivity (Wildman–Crippen MR) is 108 cm³/mol. The van der Waals surface area contributed by atoms with Gasteiger partial charge in [-0.2, -0.15) is 9.61 Å². The number of benzene rings is 1. The van der Waals surface area contributed by atoms with Crippen LogP contribution < -0.4 is 5.32 Å². The predicted octanol–water partition coefficient (Wildman–Crippen LogP) is 5.47. The molecule has 0 fully saturated rings. The number of halogens is 3. The molecule has 0 saturated heterocycles. The summed E-state index contributed by atoms with van der Waals surface area (Å²) in [5.41, 5.74) is 3.29. The van der Waals surface area contributed by atoms with Crippen LogP contribution in [0.25, 0.3) is 16.9 Å². The number of fused-ring (bicyclic) bond motifs is 1. The second kappa shape index (κ2) is 7.23. The van der Waals surface area contributed by atoms with Crippen molar-refractivity contribution in [3.8, 4) is 11.3 Å². The maximum absolute atomic E-state index is 6.37. The van der Waals surface area contributed by atoms with Crippen LogP contribution in [-0.4, -0.2) is 19.6 Å². The minimum atomic E-state index is 0.545. The van der Waals surface area contributed by atoms with Gasteiger partial charge in [0.15, 0.2) is 5.65 Å². The summed E-state index contributed by atoms with van der Waals surface area (Å²) >= 11 is 15.9. The number of hydrogen-bond donors (Lipinski definition) is 1. The third kappa shape index (κ3) is 3.40.